The molecular weight excluding hydrogens is 274 g/mol. The molecule has 0 aromatic heterocycles. The average molecular weight is 293 g/mol. The molecule has 2 N–H and O–H groups in total. The normalized spacial score (nSPS) is 11.5. The predicted molar refractivity (Wildman–Crippen MR) is 75.6 cm³/mol. The summed E-state index contributed by atoms with van der Waals surface area (Å²) in [5.41, 5.74) is 0.815. The van der Waals surface area contributed by atoms with Crippen LogP contribution in [-0.2, 0) is 25.5 Å². The number of hydrogen-bond acceptors (Lipinski definition) is 4. The lowest BCUT2D eigenvalue weighted by molar-refractivity contribution is -0.144. The summed E-state index contributed by atoms with van der Waals surface area (Å²) in [5.74, 6) is -2.06. The van der Waals surface area contributed by atoms with Crippen LogP contribution in [0.4, 0.5) is 0 Å². The van der Waals surface area contributed by atoms with Crippen molar-refractivity contribution >= 4 is 17.8 Å². The van der Waals surface area contributed by atoms with Crippen LogP contribution < -0.4 is 5.32 Å². The molecule has 0 spiro atoms. The number of hydrogen-bond donors (Lipinski definition) is 2. The Morgan fingerprint density at radius 1 is 1.19 bits per heavy atom. The minimum Gasteiger partial charge on any atom is -0.480 e. The molecule has 114 valence electrons. The van der Waals surface area contributed by atoms with Crippen molar-refractivity contribution in [3.05, 3.63) is 35.9 Å². The van der Waals surface area contributed by atoms with Crippen molar-refractivity contribution < 1.29 is 24.2 Å². The van der Waals surface area contributed by atoms with E-state index in [1.54, 1.807) is 31.2 Å². The van der Waals surface area contributed by atoms with E-state index in [4.69, 9.17) is 9.84 Å². The zero-order valence-electron chi connectivity index (χ0n) is 11.9. The van der Waals surface area contributed by atoms with Crippen molar-refractivity contribution in [3.63, 3.8) is 0 Å². The number of carboxylic acid groups (broad SMARTS) is 1. The van der Waals surface area contributed by atoms with Gasteiger partial charge in [0.25, 0.3) is 0 Å². The van der Waals surface area contributed by atoms with E-state index >= 15 is 0 Å². The van der Waals surface area contributed by atoms with Crippen molar-refractivity contribution in [1.82, 2.24) is 5.32 Å². The van der Waals surface area contributed by atoms with E-state index < -0.39 is 23.9 Å². The molecule has 6 heteroatoms. The van der Waals surface area contributed by atoms with Gasteiger partial charge < -0.3 is 15.2 Å². The van der Waals surface area contributed by atoms with Gasteiger partial charge in [-0.05, 0) is 12.5 Å². The summed E-state index contributed by atoms with van der Waals surface area (Å²) in [6.45, 7) is 1.94. The largest absolute Gasteiger partial charge is 0.480 e. The van der Waals surface area contributed by atoms with Gasteiger partial charge in [-0.15, -0.1) is 0 Å². The summed E-state index contributed by atoms with van der Waals surface area (Å²) in [6, 6.07) is 8.01. The topological polar surface area (TPSA) is 92.7 Å². The molecule has 0 fully saturated rings. The first-order valence-corrected chi connectivity index (χ1v) is 6.74. The van der Waals surface area contributed by atoms with E-state index in [0.717, 1.165) is 5.56 Å². The number of carbonyl (C=O) groups excluding carboxylic acids is 2. The number of benzene rings is 1. The Hall–Kier alpha value is -2.37. The van der Waals surface area contributed by atoms with Gasteiger partial charge in [-0.3, -0.25) is 9.59 Å². The lowest BCUT2D eigenvalue weighted by Crippen LogP contribution is -2.42. The summed E-state index contributed by atoms with van der Waals surface area (Å²) in [6.07, 6.45) is 0.0517. The summed E-state index contributed by atoms with van der Waals surface area (Å²) < 4.78 is 4.71. The summed E-state index contributed by atoms with van der Waals surface area (Å²) in [5, 5.41) is 11.6. The second kappa shape index (κ2) is 8.73. The van der Waals surface area contributed by atoms with Crippen LogP contribution in [0.25, 0.3) is 0 Å². The van der Waals surface area contributed by atoms with Gasteiger partial charge in [0.15, 0.2) is 0 Å². The number of amides is 1. The van der Waals surface area contributed by atoms with E-state index in [9.17, 15) is 14.4 Å². The molecule has 1 aromatic carbocycles. The maximum atomic E-state index is 11.7. The molecule has 1 atom stereocenters. The fraction of sp³-hybridized carbons (Fsp3) is 0.400. The van der Waals surface area contributed by atoms with Gasteiger partial charge in [0, 0.05) is 12.8 Å². The van der Waals surface area contributed by atoms with Crippen molar-refractivity contribution in [2.45, 2.75) is 32.2 Å². The molecule has 1 amide bonds. The number of esters is 1. The van der Waals surface area contributed by atoms with Crippen LogP contribution in [0.5, 0.6) is 0 Å². The third-order valence-electron chi connectivity index (χ3n) is 2.78. The SMILES string of the molecule is CCOC(=O)CCC(=O)N[C@H](Cc1ccccc1)C(=O)O. The van der Waals surface area contributed by atoms with Crippen molar-refractivity contribution in [2.24, 2.45) is 0 Å². The Morgan fingerprint density at radius 3 is 2.43 bits per heavy atom. The number of ether oxygens (including phenoxy) is 1. The number of aliphatic carboxylic acids is 1. The molecule has 1 rings (SSSR count). The smallest absolute Gasteiger partial charge is 0.326 e. The van der Waals surface area contributed by atoms with Crippen LogP contribution in [0.3, 0.4) is 0 Å². The molecule has 21 heavy (non-hydrogen) atoms. The Bertz CT molecular complexity index is 486. The second-order valence-electron chi connectivity index (χ2n) is 4.45. The van der Waals surface area contributed by atoms with E-state index in [1.807, 2.05) is 6.07 Å². The van der Waals surface area contributed by atoms with Crippen LogP contribution in [0.1, 0.15) is 25.3 Å². The van der Waals surface area contributed by atoms with Gasteiger partial charge in [-0.25, -0.2) is 4.79 Å². The quantitative estimate of drug-likeness (QED) is 0.701. The Labute approximate surface area is 123 Å². The lowest BCUT2D eigenvalue weighted by Gasteiger charge is -2.14. The highest BCUT2D eigenvalue weighted by atomic mass is 16.5. The number of rotatable bonds is 8. The second-order valence-corrected chi connectivity index (χ2v) is 4.45. The highest BCUT2D eigenvalue weighted by molar-refractivity contribution is 5.85. The average Bonchev–Trinajstić information content (AvgIpc) is 2.46. The van der Waals surface area contributed by atoms with Gasteiger partial charge in [0.05, 0.1) is 13.0 Å². The Morgan fingerprint density at radius 2 is 1.86 bits per heavy atom. The standard InChI is InChI=1S/C15H19NO5/c1-2-21-14(18)9-8-13(17)16-12(15(19)20)10-11-6-4-3-5-7-11/h3-7,12H,2,8-10H2,1H3,(H,16,17)(H,19,20)/t12-/m1/s1. The molecule has 0 aliphatic carbocycles. The van der Waals surface area contributed by atoms with Crippen molar-refractivity contribution in [2.75, 3.05) is 6.61 Å². The highest BCUT2D eigenvalue weighted by Crippen LogP contribution is 2.04. The van der Waals surface area contributed by atoms with E-state index in [2.05, 4.69) is 5.32 Å². The molecule has 0 unspecified atom stereocenters. The fourth-order valence-electron chi connectivity index (χ4n) is 1.77. The molecule has 0 heterocycles. The number of nitrogens with one attached hydrogen (secondary N) is 1. The zero-order valence-corrected chi connectivity index (χ0v) is 11.9. The molecule has 6 nitrogen and oxygen atoms in total. The fourth-order valence-corrected chi connectivity index (χ4v) is 1.77. The molecular formula is C15H19NO5. The van der Waals surface area contributed by atoms with Gasteiger partial charge in [-0.1, -0.05) is 30.3 Å². The Kier molecular flexibility index (Phi) is 6.94. The van der Waals surface area contributed by atoms with Crippen LogP contribution >= 0.6 is 0 Å². The highest BCUT2D eigenvalue weighted by Gasteiger charge is 2.20. The molecule has 0 aliphatic rings. The summed E-state index contributed by atoms with van der Waals surface area (Å²) >= 11 is 0. The maximum Gasteiger partial charge on any atom is 0.326 e. The van der Waals surface area contributed by atoms with E-state index in [1.165, 1.54) is 0 Å². The molecule has 0 bridgehead atoms. The van der Waals surface area contributed by atoms with E-state index in [-0.39, 0.29) is 25.9 Å². The minimum atomic E-state index is -1.11. The first kappa shape index (κ1) is 16.7. The van der Waals surface area contributed by atoms with Gasteiger partial charge in [0.1, 0.15) is 6.04 Å². The minimum absolute atomic E-state index is 0.0582. The molecule has 1 aromatic rings. The lowest BCUT2D eigenvalue weighted by atomic mass is 10.1. The Balaban J connectivity index is 2.49. The first-order valence-electron chi connectivity index (χ1n) is 6.74. The van der Waals surface area contributed by atoms with Crippen molar-refractivity contribution in [3.8, 4) is 0 Å². The zero-order chi connectivity index (χ0) is 15.7. The third-order valence-corrected chi connectivity index (χ3v) is 2.78. The first-order chi connectivity index (χ1) is 10.0. The van der Waals surface area contributed by atoms with Crippen LogP contribution in [0.15, 0.2) is 30.3 Å². The molecule has 0 saturated carbocycles. The van der Waals surface area contributed by atoms with Crippen molar-refractivity contribution in [1.29, 1.82) is 0 Å². The number of carboxylic acids is 1. The molecule has 0 aliphatic heterocycles. The maximum absolute atomic E-state index is 11.7. The van der Waals surface area contributed by atoms with Gasteiger partial charge >= 0.3 is 11.9 Å². The summed E-state index contributed by atoms with van der Waals surface area (Å²) in [7, 11) is 0. The van der Waals surface area contributed by atoms with E-state index in [0.29, 0.717) is 0 Å². The predicted octanol–water partition coefficient (Wildman–Crippen LogP) is 1.14. The number of carbonyl (C=O) groups is 3. The van der Waals surface area contributed by atoms with Crippen LogP contribution in [-0.4, -0.2) is 35.6 Å². The van der Waals surface area contributed by atoms with Crippen LogP contribution in [0, 0.1) is 0 Å². The molecule has 0 saturated heterocycles. The van der Waals surface area contributed by atoms with Gasteiger partial charge in [0.2, 0.25) is 5.91 Å². The van der Waals surface area contributed by atoms with Gasteiger partial charge in [-0.2, -0.15) is 0 Å². The summed E-state index contributed by atoms with van der Waals surface area (Å²) in [4.78, 5) is 34.0. The monoisotopic (exact) mass is 293 g/mol. The van der Waals surface area contributed by atoms with Crippen LogP contribution in [0.2, 0.25) is 0 Å². The third kappa shape index (κ3) is 6.56. The molecule has 0 radical (unpaired) electrons.